The van der Waals surface area contributed by atoms with Gasteiger partial charge < -0.3 is 0 Å². The topological polar surface area (TPSA) is 46.2 Å². The van der Waals surface area contributed by atoms with Gasteiger partial charge in [-0.05, 0) is 23.6 Å². The highest BCUT2D eigenvalue weighted by molar-refractivity contribution is 7.92. The van der Waals surface area contributed by atoms with Gasteiger partial charge in [-0.3, -0.25) is 4.72 Å². The van der Waals surface area contributed by atoms with Gasteiger partial charge in [-0.15, -0.1) is 0 Å². The minimum atomic E-state index is -4.75. The molecule has 0 aliphatic heterocycles. The van der Waals surface area contributed by atoms with E-state index in [0.29, 0.717) is 0 Å². The molecule has 0 heterocycles. The summed E-state index contributed by atoms with van der Waals surface area (Å²) in [6, 6.07) is 6.25. The Balaban J connectivity index is 2.79. The molecular formula is C11H14F3NO2S. The third-order valence-electron chi connectivity index (χ3n) is 2.20. The molecule has 0 atom stereocenters. The van der Waals surface area contributed by atoms with Crippen molar-refractivity contribution in [3.05, 3.63) is 29.8 Å². The molecule has 0 unspecified atom stereocenters. The van der Waals surface area contributed by atoms with E-state index in [4.69, 9.17) is 0 Å². The standard InChI is InChI=1S/C11H14F3NO2S/c1-8(2)9-3-5-10(6-4-9)15-18(16,17)7-11(12,13)14/h3-6,8,15H,7H2,1-2H3. The van der Waals surface area contributed by atoms with Gasteiger partial charge in [-0.2, -0.15) is 13.2 Å². The average Bonchev–Trinajstić information content (AvgIpc) is 2.13. The van der Waals surface area contributed by atoms with E-state index in [-0.39, 0.29) is 11.6 Å². The predicted molar refractivity (Wildman–Crippen MR) is 64.0 cm³/mol. The van der Waals surface area contributed by atoms with Gasteiger partial charge in [0.05, 0.1) is 0 Å². The van der Waals surface area contributed by atoms with Gasteiger partial charge in [-0.1, -0.05) is 26.0 Å². The lowest BCUT2D eigenvalue weighted by Gasteiger charge is -2.11. The van der Waals surface area contributed by atoms with Gasteiger partial charge >= 0.3 is 6.18 Å². The van der Waals surface area contributed by atoms with Crippen LogP contribution in [0.5, 0.6) is 0 Å². The van der Waals surface area contributed by atoms with Gasteiger partial charge in [0.1, 0.15) is 0 Å². The van der Waals surface area contributed by atoms with Crippen LogP contribution in [-0.4, -0.2) is 20.3 Å². The van der Waals surface area contributed by atoms with Crippen molar-refractivity contribution in [1.29, 1.82) is 0 Å². The summed E-state index contributed by atoms with van der Waals surface area (Å²) >= 11 is 0. The predicted octanol–water partition coefficient (Wildman–Crippen LogP) is 3.11. The fraction of sp³-hybridized carbons (Fsp3) is 0.455. The summed E-state index contributed by atoms with van der Waals surface area (Å²) in [6.07, 6.45) is -4.75. The summed E-state index contributed by atoms with van der Waals surface area (Å²) in [5, 5.41) is 0. The highest BCUT2D eigenvalue weighted by atomic mass is 32.2. The van der Waals surface area contributed by atoms with Crippen LogP contribution in [0.4, 0.5) is 18.9 Å². The number of rotatable bonds is 4. The highest BCUT2D eigenvalue weighted by Crippen LogP contribution is 2.21. The van der Waals surface area contributed by atoms with E-state index in [1.807, 2.05) is 18.6 Å². The van der Waals surface area contributed by atoms with Crippen LogP contribution < -0.4 is 4.72 Å². The van der Waals surface area contributed by atoms with Gasteiger partial charge in [0.15, 0.2) is 5.75 Å². The first-order valence-electron chi connectivity index (χ1n) is 5.26. The van der Waals surface area contributed by atoms with Crippen LogP contribution in [0.15, 0.2) is 24.3 Å². The van der Waals surface area contributed by atoms with E-state index in [1.54, 1.807) is 12.1 Å². The quantitative estimate of drug-likeness (QED) is 0.921. The number of alkyl halides is 3. The molecule has 0 spiro atoms. The van der Waals surface area contributed by atoms with Gasteiger partial charge in [0, 0.05) is 5.69 Å². The third-order valence-corrected chi connectivity index (χ3v) is 3.46. The molecule has 0 aromatic heterocycles. The Morgan fingerprint density at radius 3 is 2.06 bits per heavy atom. The van der Waals surface area contributed by atoms with Crippen molar-refractivity contribution < 1.29 is 21.6 Å². The molecule has 0 bridgehead atoms. The molecule has 0 radical (unpaired) electrons. The van der Waals surface area contributed by atoms with E-state index < -0.39 is 22.0 Å². The largest absolute Gasteiger partial charge is 0.404 e. The first kappa shape index (κ1) is 14.8. The zero-order valence-corrected chi connectivity index (χ0v) is 10.8. The number of anilines is 1. The van der Waals surface area contributed by atoms with Crippen LogP contribution in [0.2, 0.25) is 0 Å². The Bertz CT molecular complexity index is 492. The van der Waals surface area contributed by atoms with E-state index >= 15 is 0 Å². The first-order chi connectivity index (χ1) is 8.09. The second-order valence-electron chi connectivity index (χ2n) is 4.25. The van der Waals surface area contributed by atoms with Crippen molar-refractivity contribution in [3.63, 3.8) is 0 Å². The fourth-order valence-corrected chi connectivity index (χ4v) is 2.37. The monoisotopic (exact) mass is 281 g/mol. The summed E-state index contributed by atoms with van der Waals surface area (Å²) in [5.41, 5.74) is 1.11. The summed E-state index contributed by atoms with van der Waals surface area (Å²) in [6.45, 7) is 3.92. The molecule has 18 heavy (non-hydrogen) atoms. The van der Waals surface area contributed by atoms with Crippen LogP contribution in [0.1, 0.15) is 25.3 Å². The number of hydrogen-bond acceptors (Lipinski definition) is 2. The lowest BCUT2D eigenvalue weighted by atomic mass is 10.0. The molecule has 0 saturated heterocycles. The highest BCUT2D eigenvalue weighted by Gasteiger charge is 2.35. The Kier molecular flexibility index (Phi) is 4.26. The SMILES string of the molecule is CC(C)c1ccc(NS(=O)(=O)CC(F)(F)F)cc1. The zero-order chi connectivity index (χ0) is 14.0. The van der Waals surface area contributed by atoms with Crippen LogP contribution >= 0.6 is 0 Å². The first-order valence-corrected chi connectivity index (χ1v) is 6.91. The van der Waals surface area contributed by atoms with Crippen molar-refractivity contribution in [3.8, 4) is 0 Å². The zero-order valence-electron chi connectivity index (χ0n) is 9.95. The molecular weight excluding hydrogens is 267 g/mol. The normalized spacial score (nSPS) is 12.8. The minimum Gasteiger partial charge on any atom is -0.283 e. The van der Waals surface area contributed by atoms with Crippen molar-refractivity contribution in [2.75, 3.05) is 10.5 Å². The molecule has 3 nitrogen and oxygen atoms in total. The van der Waals surface area contributed by atoms with Crippen molar-refractivity contribution >= 4 is 15.7 Å². The lowest BCUT2D eigenvalue weighted by Crippen LogP contribution is -2.27. The number of benzene rings is 1. The summed E-state index contributed by atoms with van der Waals surface area (Å²) in [5.74, 6) is -1.61. The second kappa shape index (κ2) is 5.17. The van der Waals surface area contributed by atoms with E-state index in [2.05, 4.69) is 0 Å². The fourth-order valence-electron chi connectivity index (χ4n) is 1.37. The van der Waals surface area contributed by atoms with Crippen LogP contribution in [0, 0.1) is 0 Å². The maximum absolute atomic E-state index is 12.0. The van der Waals surface area contributed by atoms with Crippen molar-refractivity contribution in [1.82, 2.24) is 0 Å². The summed E-state index contributed by atoms with van der Waals surface area (Å²) in [7, 11) is -4.40. The molecule has 0 amide bonds. The smallest absolute Gasteiger partial charge is 0.283 e. The lowest BCUT2D eigenvalue weighted by molar-refractivity contribution is -0.106. The van der Waals surface area contributed by atoms with E-state index in [0.717, 1.165) is 5.56 Å². The molecule has 102 valence electrons. The third kappa shape index (κ3) is 4.95. The molecule has 1 aromatic rings. The molecule has 1 N–H and O–H groups in total. The molecule has 0 saturated carbocycles. The van der Waals surface area contributed by atoms with Crippen molar-refractivity contribution in [2.24, 2.45) is 0 Å². The maximum atomic E-state index is 12.0. The molecule has 1 rings (SSSR count). The van der Waals surface area contributed by atoms with Gasteiger partial charge in [0.2, 0.25) is 10.0 Å². The average molecular weight is 281 g/mol. The molecule has 0 aliphatic rings. The van der Waals surface area contributed by atoms with Crippen LogP contribution in [0.25, 0.3) is 0 Å². The molecule has 7 heteroatoms. The van der Waals surface area contributed by atoms with Crippen LogP contribution in [0.3, 0.4) is 0 Å². The minimum absolute atomic E-state index is 0.128. The molecule has 0 fully saturated rings. The Morgan fingerprint density at radius 2 is 1.67 bits per heavy atom. The number of halogens is 3. The Morgan fingerprint density at radius 1 is 1.17 bits per heavy atom. The summed E-state index contributed by atoms with van der Waals surface area (Å²) < 4.78 is 60.3. The number of hydrogen-bond donors (Lipinski definition) is 1. The molecule has 0 aliphatic carbocycles. The summed E-state index contributed by atoms with van der Waals surface area (Å²) in [4.78, 5) is 0. The van der Waals surface area contributed by atoms with E-state index in [1.165, 1.54) is 12.1 Å². The Hall–Kier alpha value is -1.24. The van der Waals surface area contributed by atoms with Gasteiger partial charge in [-0.25, -0.2) is 8.42 Å². The second-order valence-corrected chi connectivity index (χ2v) is 5.98. The number of sulfonamides is 1. The molecule has 1 aromatic carbocycles. The Labute approximate surface area is 104 Å². The van der Waals surface area contributed by atoms with Crippen LogP contribution in [-0.2, 0) is 10.0 Å². The number of nitrogens with one attached hydrogen (secondary N) is 1. The maximum Gasteiger partial charge on any atom is 0.404 e. The van der Waals surface area contributed by atoms with Gasteiger partial charge in [0.25, 0.3) is 0 Å². The van der Waals surface area contributed by atoms with Crippen molar-refractivity contribution in [2.45, 2.75) is 25.9 Å². The van der Waals surface area contributed by atoms with E-state index in [9.17, 15) is 21.6 Å².